The molecule has 21 heavy (non-hydrogen) atoms. The van der Waals surface area contributed by atoms with Crippen LogP contribution in [0.5, 0.6) is 11.5 Å². The maximum Gasteiger partial charge on any atom is 0.227 e. The summed E-state index contributed by atoms with van der Waals surface area (Å²) in [5, 5.41) is 4.04. The van der Waals surface area contributed by atoms with Crippen LogP contribution in [0.2, 0.25) is 0 Å². The normalized spacial score (nSPS) is 10.5. The Labute approximate surface area is 125 Å². The van der Waals surface area contributed by atoms with Gasteiger partial charge in [0.1, 0.15) is 5.82 Å². The molecule has 1 N–H and O–H groups in total. The number of hydrogen-bond acceptors (Lipinski definition) is 6. The van der Waals surface area contributed by atoms with Crippen molar-refractivity contribution in [3.63, 3.8) is 0 Å². The fourth-order valence-corrected chi connectivity index (χ4v) is 2.28. The van der Waals surface area contributed by atoms with Gasteiger partial charge < -0.3 is 19.7 Å². The smallest absolute Gasteiger partial charge is 0.227 e. The van der Waals surface area contributed by atoms with Crippen LogP contribution in [0.4, 0.5) is 11.8 Å². The third-order valence-corrected chi connectivity index (χ3v) is 3.47. The van der Waals surface area contributed by atoms with Gasteiger partial charge in [0.2, 0.25) is 5.95 Å². The second-order valence-electron chi connectivity index (χ2n) is 4.52. The lowest BCUT2D eigenvalue weighted by Crippen LogP contribution is -2.24. The molecule has 0 atom stereocenters. The quantitative estimate of drug-likeness (QED) is 0.882. The van der Waals surface area contributed by atoms with Crippen LogP contribution >= 0.6 is 0 Å². The summed E-state index contributed by atoms with van der Waals surface area (Å²) in [5.41, 5.74) is 0.828. The average Bonchev–Trinajstić information content (AvgIpc) is 2.53. The highest BCUT2D eigenvalue weighted by atomic mass is 16.5. The summed E-state index contributed by atoms with van der Waals surface area (Å²) < 4.78 is 10.7. The summed E-state index contributed by atoms with van der Waals surface area (Å²) in [6, 6.07) is 3.77. The van der Waals surface area contributed by atoms with E-state index in [-0.39, 0.29) is 0 Å². The van der Waals surface area contributed by atoms with Crippen LogP contribution < -0.4 is 19.7 Å². The van der Waals surface area contributed by atoms with Gasteiger partial charge in [-0.05, 0) is 19.9 Å². The van der Waals surface area contributed by atoms with E-state index in [0.717, 1.165) is 29.8 Å². The predicted octanol–water partition coefficient (Wildman–Crippen LogP) is 2.53. The van der Waals surface area contributed by atoms with Crippen LogP contribution in [0.15, 0.2) is 12.1 Å². The highest BCUT2D eigenvalue weighted by Crippen LogP contribution is 2.34. The molecule has 0 fully saturated rings. The summed E-state index contributed by atoms with van der Waals surface area (Å²) in [6.45, 7) is 5.90. The van der Waals surface area contributed by atoms with Gasteiger partial charge in [-0.1, -0.05) is 0 Å². The molecule has 6 heteroatoms. The molecule has 1 aromatic heterocycles. The maximum atomic E-state index is 5.35. The van der Waals surface area contributed by atoms with Gasteiger partial charge in [-0.2, -0.15) is 4.98 Å². The molecule has 2 rings (SSSR count). The highest BCUT2D eigenvalue weighted by molar-refractivity contribution is 5.92. The number of anilines is 2. The molecular weight excluding hydrogens is 268 g/mol. The number of methoxy groups -OCH3 is 2. The van der Waals surface area contributed by atoms with Gasteiger partial charge in [-0.3, -0.25) is 0 Å². The molecule has 6 nitrogen and oxygen atoms in total. The predicted molar refractivity (Wildman–Crippen MR) is 85.7 cm³/mol. The number of aromatic nitrogens is 2. The van der Waals surface area contributed by atoms with E-state index in [4.69, 9.17) is 9.47 Å². The van der Waals surface area contributed by atoms with Crippen LogP contribution in [-0.4, -0.2) is 44.3 Å². The summed E-state index contributed by atoms with van der Waals surface area (Å²) in [7, 11) is 5.09. The van der Waals surface area contributed by atoms with Crippen molar-refractivity contribution in [3.8, 4) is 11.5 Å². The Morgan fingerprint density at radius 1 is 1.05 bits per heavy atom. The van der Waals surface area contributed by atoms with Crippen molar-refractivity contribution in [1.82, 2.24) is 9.97 Å². The maximum absolute atomic E-state index is 5.35. The van der Waals surface area contributed by atoms with Gasteiger partial charge in [-0.15, -0.1) is 0 Å². The molecule has 0 aliphatic heterocycles. The zero-order valence-corrected chi connectivity index (χ0v) is 13.2. The Kier molecular flexibility index (Phi) is 4.67. The molecule has 0 spiro atoms. The van der Waals surface area contributed by atoms with Crippen molar-refractivity contribution in [2.45, 2.75) is 13.8 Å². The second-order valence-corrected chi connectivity index (χ2v) is 4.52. The van der Waals surface area contributed by atoms with Crippen molar-refractivity contribution in [3.05, 3.63) is 12.1 Å². The van der Waals surface area contributed by atoms with Gasteiger partial charge in [0.05, 0.1) is 19.7 Å². The molecule has 0 bridgehead atoms. The van der Waals surface area contributed by atoms with Crippen molar-refractivity contribution >= 4 is 22.7 Å². The molecule has 114 valence electrons. The van der Waals surface area contributed by atoms with E-state index in [2.05, 4.69) is 34.0 Å². The van der Waals surface area contributed by atoms with Crippen molar-refractivity contribution in [1.29, 1.82) is 0 Å². The summed E-state index contributed by atoms with van der Waals surface area (Å²) in [4.78, 5) is 11.4. The molecule has 0 aliphatic rings. The Morgan fingerprint density at radius 2 is 1.67 bits per heavy atom. The number of benzene rings is 1. The molecule has 0 aliphatic carbocycles. The molecule has 0 saturated carbocycles. The first-order valence-electron chi connectivity index (χ1n) is 7.04. The van der Waals surface area contributed by atoms with Gasteiger partial charge in [0.15, 0.2) is 11.5 Å². The lowest BCUT2D eigenvalue weighted by Gasteiger charge is -2.20. The Balaban J connectivity index is 2.68. The summed E-state index contributed by atoms with van der Waals surface area (Å²) in [5.74, 6) is 2.82. The minimum absolute atomic E-state index is 0.663. The SMILES string of the molecule is CCN(CC)c1nc(NC)c2cc(OC)c(OC)cc2n1. The Hall–Kier alpha value is -2.24. The van der Waals surface area contributed by atoms with Crippen molar-refractivity contribution < 1.29 is 9.47 Å². The van der Waals surface area contributed by atoms with Crippen LogP contribution in [0.1, 0.15) is 13.8 Å². The first-order chi connectivity index (χ1) is 10.2. The lowest BCUT2D eigenvalue weighted by atomic mass is 10.2. The Bertz CT molecular complexity index is 627. The van der Waals surface area contributed by atoms with Crippen molar-refractivity contribution in [2.75, 3.05) is 44.6 Å². The van der Waals surface area contributed by atoms with E-state index in [1.165, 1.54) is 0 Å². The monoisotopic (exact) mass is 290 g/mol. The molecule has 0 radical (unpaired) electrons. The molecule has 2 aromatic rings. The van der Waals surface area contributed by atoms with E-state index in [1.807, 2.05) is 19.2 Å². The molecule has 1 aromatic carbocycles. The molecular formula is C15H22N4O2. The van der Waals surface area contributed by atoms with Crippen LogP contribution in [-0.2, 0) is 0 Å². The minimum Gasteiger partial charge on any atom is -0.493 e. The zero-order chi connectivity index (χ0) is 15.4. The third kappa shape index (κ3) is 2.79. The first-order valence-corrected chi connectivity index (χ1v) is 7.04. The third-order valence-electron chi connectivity index (χ3n) is 3.47. The topological polar surface area (TPSA) is 59.5 Å². The lowest BCUT2D eigenvalue weighted by molar-refractivity contribution is 0.356. The minimum atomic E-state index is 0.663. The Morgan fingerprint density at radius 3 is 2.19 bits per heavy atom. The zero-order valence-electron chi connectivity index (χ0n) is 13.2. The van der Waals surface area contributed by atoms with Crippen LogP contribution in [0.25, 0.3) is 10.9 Å². The van der Waals surface area contributed by atoms with Gasteiger partial charge >= 0.3 is 0 Å². The summed E-state index contributed by atoms with van der Waals surface area (Å²) in [6.07, 6.45) is 0. The van der Waals surface area contributed by atoms with Crippen molar-refractivity contribution in [2.24, 2.45) is 0 Å². The van der Waals surface area contributed by atoms with Gasteiger partial charge in [0, 0.05) is 31.6 Å². The van der Waals surface area contributed by atoms with E-state index in [9.17, 15) is 0 Å². The molecule has 0 saturated heterocycles. The number of fused-ring (bicyclic) bond motifs is 1. The van der Waals surface area contributed by atoms with E-state index in [0.29, 0.717) is 17.4 Å². The number of nitrogens with one attached hydrogen (secondary N) is 1. The summed E-state index contributed by atoms with van der Waals surface area (Å²) >= 11 is 0. The number of rotatable bonds is 6. The van der Waals surface area contributed by atoms with Crippen LogP contribution in [0, 0.1) is 0 Å². The molecule has 0 unspecified atom stereocenters. The van der Waals surface area contributed by atoms with Crippen LogP contribution in [0.3, 0.4) is 0 Å². The number of ether oxygens (including phenoxy) is 2. The number of hydrogen-bond donors (Lipinski definition) is 1. The largest absolute Gasteiger partial charge is 0.493 e. The second kappa shape index (κ2) is 6.47. The standard InChI is InChI=1S/C15H22N4O2/c1-6-19(7-2)15-17-11-9-13(21-5)12(20-4)8-10(11)14(16-3)18-15/h8-9H,6-7H2,1-5H3,(H,16,17,18). The number of nitrogens with zero attached hydrogens (tertiary/aromatic N) is 3. The van der Waals surface area contributed by atoms with E-state index in [1.54, 1.807) is 14.2 Å². The fourth-order valence-electron chi connectivity index (χ4n) is 2.28. The van der Waals surface area contributed by atoms with E-state index >= 15 is 0 Å². The molecule has 1 heterocycles. The van der Waals surface area contributed by atoms with Gasteiger partial charge in [-0.25, -0.2) is 4.98 Å². The van der Waals surface area contributed by atoms with Gasteiger partial charge in [0.25, 0.3) is 0 Å². The fraction of sp³-hybridized carbons (Fsp3) is 0.467. The first kappa shape index (κ1) is 15.2. The highest BCUT2D eigenvalue weighted by Gasteiger charge is 2.14. The average molecular weight is 290 g/mol. The van der Waals surface area contributed by atoms with E-state index < -0.39 is 0 Å². The molecule has 0 amide bonds.